The molecule has 0 spiro atoms. The number of para-hydroxylation sites is 1. The lowest BCUT2D eigenvalue weighted by Gasteiger charge is -2.09. The highest BCUT2D eigenvalue weighted by Crippen LogP contribution is 2.32. The zero-order valence-corrected chi connectivity index (χ0v) is 11.6. The third-order valence-corrected chi connectivity index (χ3v) is 3.32. The number of fused-ring (bicyclic) bond motifs is 1. The molecule has 6 heteroatoms. The van der Waals surface area contributed by atoms with Gasteiger partial charge in [-0.3, -0.25) is 10.1 Å². The number of hydrogen-bond acceptors (Lipinski definition) is 3. The lowest BCUT2D eigenvalue weighted by atomic mass is 10.1. The van der Waals surface area contributed by atoms with Gasteiger partial charge < -0.3 is 10.1 Å². The van der Waals surface area contributed by atoms with Gasteiger partial charge in [0.15, 0.2) is 0 Å². The van der Waals surface area contributed by atoms with E-state index in [1.807, 2.05) is 6.07 Å². The van der Waals surface area contributed by atoms with Crippen LogP contribution in [0.15, 0.2) is 42.5 Å². The van der Waals surface area contributed by atoms with E-state index in [2.05, 4.69) is 10.6 Å². The molecule has 3 rings (SSSR count). The van der Waals surface area contributed by atoms with Crippen molar-refractivity contribution in [2.45, 2.75) is 6.42 Å². The number of anilines is 2. The zero-order valence-electron chi connectivity index (χ0n) is 10.9. The summed E-state index contributed by atoms with van der Waals surface area (Å²) in [5.41, 5.74) is 1.87. The van der Waals surface area contributed by atoms with Crippen LogP contribution in [0.25, 0.3) is 0 Å². The van der Waals surface area contributed by atoms with Crippen LogP contribution in [0.3, 0.4) is 0 Å². The van der Waals surface area contributed by atoms with Gasteiger partial charge in [-0.25, -0.2) is 4.79 Å². The van der Waals surface area contributed by atoms with Crippen LogP contribution in [-0.2, 0) is 11.2 Å². The van der Waals surface area contributed by atoms with Gasteiger partial charge in [-0.05, 0) is 29.8 Å². The van der Waals surface area contributed by atoms with Gasteiger partial charge in [0.1, 0.15) is 5.75 Å². The number of carbonyl (C=O) groups excluding carboxylic acids is 2. The first-order chi connectivity index (χ1) is 10.1. The van der Waals surface area contributed by atoms with Gasteiger partial charge in [-0.1, -0.05) is 29.8 Å². The van der Waals surface area contributed by atoms with Crippen LogP contribution in [0.5, 0.6) is 5.75 Å². The van der Waals surface area contributed by atoms with E-state index in [1.165, 1.54) is 0 Å². The average Bonchev–Trinajstić information content (AvgIpc) is 2.79. The molecule has 0 fully saturated rings. The SMILES string of the molecule is O=C1Cc2cc(NC(=O)Oc3ccccc3)c(Cl)cc2N1. The van der Waals surface area contributed by atoms with Crippen molar-refractivity contribution in [3.8, 4) is 5.75 Å². The minimum atomic E-state index is -0.639. The maximum atomic E-state index is 11.8. The molecule has 0 aliphatic carbocycles. The molecule has 2 N–H and O–H groups in total. The summed E-state index contributed by atoms with van der Waals surface area (Å²) >= 11 is 6.08. The molecular formula is C15H11ClN2O3. The number of rotatable bonds is 2. The van der Waals surface area contributed by atoms with Crippen LogP contribution in [-0.4, -0.2) is 12.0 Å². The summed E-state index contributed by atoms with van der Waals surface area (Å²) < 4.78 is 5.12. The number of halogens is 1. The molecule has 1 aliphatic rings. The van der Waals surface area contributed by atoms with E-state index in [9.17, 15) is 9.59 Å². The van der Waals surface area contributed by atoms with Crippen LogP contribution in [0, 0.1) is 0 Å². The Morgan fingerprint density at radius 1 is 1.24 bits per heavy atom. The van der Waals surface area contributed by atoms with Crippen LogP contribution in [0.2, 0.25) is 5.02 Å². The highest BCUT2D eigenvalue weighted by molar-refractivity contribution is 6.34. The summed E-state index contributed by atoms with van der Waals surface area (Å²) in [6.45, 7) is 0. The normalized spacial score (nSPS) is 12.5. The second-order valence-electron chi connectivity index (χ2n) is 4.54. The maximum Gasteiger partial charge on any atom is 0.417 e. The molecule has 21 heavy (non-hydrogen) atoms. The van der Waals surface area contributed by atoms with Crippen molar-refractivity contribution < 1.29 is 14.3 Å². The van der Waals surface area contributed by atoms with Crippen molar-refractivity contribution in [3.05, 3.63) is 53.1 Å². The standard InChI is InChI=1S/C15H11ClN2O3/c16-11-8-12-9(7-14(19)17-12)6-13(11)18-15(20)21-10-4-2-1-3-5-10/h1-6,8H,7H2,(H,17,19)(H,18,20). The van der Waals surface area contributed by atoms with Crippen LogP contribution >= 0.6 is 11.6 Å². The molecular weight excluding hydrogens is 292 g/mol. The number of hydrogen-bond donors (Lipinski definition) is 2. The van der Waals surface area contributed by atoms with Crippen LogP contribution < -0.4 is 15.4 Å². The first kappa shape index (κ1) is 13.5. The van der Waals surface area contributed by atoms with E-state index in [1.54, 1.807) is 36.4 Å². The molecule has 0 bridgehead atoms. The predicted molar refractivity (Wildman–Crippen MR) is 79.9 cm³/mol. The Morgan fingerprint density at radius 2 is 2.00 bits per heavy atom. The highest BCUT2D eigenvalue weighted by Gasteiger charge is 2.20. The third kappa shape index (κ3) is 2.98. The molecule has 0 atom stereocenters. The molecule has 0 saturated heterocycles. The first-order valence-electron chi connectivity index (χ1n) is 6.28. The lowest BCUT2D eigenvalue weighted by Crippen LogP contribution is -2.17. The minimum Gasteiger partial charge on any atom is -0.410 e. The molecule has 0 aromatic heterocycles. The molecule has 5 nitrogen and oxygen atoms in total. The smallest absolute Gasteiger partial charge is 0.410 e. The lowest BCUT2D eigenvalue weighted by molar-refractivity contribution is -0.115. The first-order valence-corrected chi connectivity index (χ1v) is 6.66. The van der Waals surface area contributed by atoms with Crippen LogP contribution in [0.4, 0.5) is 16.2 Å². The topological polar surface area (TPSA) is 67.4 Å². The fourth-order valence-corrected chi connectivity index (χ4v) is 2.29. The molecule has 0 saturated carbocycles. The second-order valence-corrected chi connectivity index (χ2v) is 4.95. The Morgan fingerprint density at radius 3 is 2.76 bits per heavy atom. The number of carbonyl (C=O) groups is 2. The summed E-state index contributed by atoms with van der Waals surface area (Å²) in [6, 6.07) is 12.0. The van der Waals surface area contributed by atoms with E-state index in [4.69, 9.17) is 16.3 Å². The maximum absolute atomic E-state index is 11.8. The Labute approximate surface area is 125 Å². The monoisotopic (exact) mass is 302 g/mol. The van der Waals surface area contributed by atoms with Gasteiger partial charge in [-0.15, -0.1) is 0 Å². The van der Waals surface area contributed by atoms with E-state index in [0.717, 1.165) is 5.56 Å². The Balaban J connectivity index is 1.75. The van der Waals surface area contributed by atoms with Gasteiger partial charge in [-0.2, -0.15) is 0 Å². The zero-order chi connectivity index (χ0) is 14.8. The molecule has 106 valence electrons. The molecule has 0 radical (unpaired) electrons. The molecule has 2 aromatic rings. The Kier molecular flexibility index (Phi) is 3.50. The third-order valence-electron chi connectivity index (χ3n) is 3.01. The van der Waals surface area contributed by atoms with Crippen molar-refractivity contribution in [2.75, 3.05) is 10.6 Å². The summed E-state index contributed by atoms with van der Waals surface area (Å²) in [6.07, 6.45) is -0.366. The highest BCUT2D eigenvalue weighted by atomic mass is 35.5. The van der Waals surface area contributed by atoms with Crippen LogP contribution in [0.1, 0.15) is 5.56 Å². The van der Waals surface area contributed by atoms with E-state index < -0.39 is 6.09 Å². The number of benzene rings is 2. The van der Waals surface area contributed by atoms with Crippen molar-refractivity contribution in [1.82, 2.24) is 0 Å². The fourth-order valence-electron chi connectivity index (χ4n) is 2.07. The van der Waals surface area contributed by atoms with E-state index in [-0.39, 0.29) is 12.3 Å². The van der Waals surface area contributed by atoms with E-state index in [0.29, 0.717) is 22.1 Å². The van der Waals surface area contributed by atoms with Gasteiger partial charge in [0.05, 0.1) is 17.1 Å². The Bertz CT molecular complexity index is 716. The minimum absolute atomic E-state index is 0.0925. The summed E-state index contributed by atoms with van der Waals surface area (Å²) in [7, 11) is 0. The summed E-state index contributed by atoms with van der Waals surface area (Å²) in [5, 5.41) is 5.60. The van der Waals surface area contributed by atoms with Crippen molar-refractivity contribution in [2.24, 2.45) is 0 Å². The van der Waals surface area contributed by atoms with Gasteiger partial charge in [0.2, 0.25) is 5.91 Å². The molecule has 2 amide bonds. The fraction of sp³-hybridized carbons (Fsp3) is 0.0667. The number of nitrogens with one attached hydrogen (secondary N) is 2. The molecule has 2 aromatic carbocycles. The van der Waals surface area contributed by atoms with Gasteiger partial charge >= 0.3 is 6.09 Å². The summed E-state index contributed by atoms with van der Waals surface area (Å²) in [4.78, 5) is 23.1. The average molecular weight is 303 g/mol. The largest absolute Gasteiger partial charge is 0.417 e. The molecule has 1 aliphatic heterocycles. The predicted octanol–water partition coefficient (Wildman–Crippen LogP) is 3.45. The summed E-state index contributed by atoms with van der Waals surface area (Å²) in [5.74, 6) is 0.342. The van der Waals surface area contributed by atoms with Crippen molar-refractivity contribution >= 4 is 35.0 Å². The number of ether oxygens (including phenoxy) is 1. The van der Waals surface area contributed by atoms with Gasteiger partial charge in [0.25, 0.3) is 0 Å². The van der Waals surface area contributed by atoms with Gasteiger partial charge in [0, 0.05) is 5.69 Å². The molecule has 1 heterocycles. The van der Waals surface area contributed by atoms with Crippen molar-refractivity contribution in [3.63, 3.8) is 0 Å². The second kappa shape index (κ2) is 5.46. The van der Waals surface area contributed by atoms with Crippen molar-refractivity contribution in [1.29, 1.82) is 0 Å². The number of amides is 2. The molecule has 0 unspecified atom stereocenters. The quantitative estimate of drug-likeness (QED) is 0.893. The van der Waals surface area contributed by atoms with E-state index >= 15 is 0 Å². The Hall–Kier alpha value is -2.53.